The Morgan fingerprint density at radius 3 is 2.44 bits per heavy atom. The fourth-order valence-electron chi connectivity index (χ4n) is 1.61. The maximum atomic E-state index is 5.60. The van der Waals surface area contributed by atoms with Crippen molar-refractivity contribution in [2.24, 2.45) is 0 Å². The van der Waals surface area contributed by atoms with Crippen LogP contribution < -0.4 is 4.57 Å². The highest BCUT2D eigenvalue weighted by molar-refractivity contribution is 5.06. The predicted octanol–water partition coefficient (Wildman–Crippen LogP) is 3.09. The molecule has 1 aromatic heterocycles. The molecule has 0 bridgehead atoms. The van der Waals surface area contributed by atoms with E-state index in [2.05, 4.69) is 42.9 Å². The summed E-state index contributed by atoms with van der Waals surface area (Å²) in [6, 6.07) is 4.31. The van der Waals surface area contributed by atoms with Gasteiger partial charge < -0.3 is 4.74 Å². The van der Waals surface area contributed by atoms with Crippen LogP contribution in [-0.2, 0) is 17.9 Å². The van der Waals surface area contributed by atoms with E-state index in [1.165, 1.54) is 31.2 Å². The van der Waals surface area contributed by atoms with Crippen molar-refractivity contribution in [3.05, 3.63) is 30.1 Å². The largest absolute Gasteiger partial charge is 0.323 e. The second kappa shape index (κ2) is 8.28. The minimum absolute atomic E-state index is 0.677. The Bertz CT molecular complexity index is 269. The lowest BCUT2D eigenvalue weighted by Gasteiger charge is -2.01. The van der Waals surface area contributed by atoms with E-state index in [4.69, 9.17) is 4.74 Å². The van der Waals surface area contributed by atoms with Gasteiger partial charge in [-0.15, -0.1) is 0 Å². The van der Waals surface area contributed by atoms with Crippen molar-refractivity contribution in [3.63, 3.8) is 0 Å². The van der Waals surface area contributed by atoms with Crippen LogP contribution in [-0.4, -0.2) is 6.61 Å². The van der Waals surface area contributed by atoms with E-state index < -0.39 is 0 Å². The monoisotopic (exact) mass is 222 g/mol. The molecule has 1 aromatic rings. The molecule has 1 heterocycles. The van der Waals surface area contributed by atoms with E-state index in [9.17, 15) is 0 Å². The Hall–Kier alpha value is -0.890. The summed E-state index contributed by atoms with van der Waals surface area (Å²) in [4.78, 5) is 0. The predicted molar refractivity (Wildman–Crippen MR) is 66.1 cm³/mol. The molecule has 0 aliphatic rings. The van der Waals surface area contributed by atoms with Crippen molar-refractivity contribution in [3.8, 4) is 0 Å². The zero-order chi connectivity index (χ0) is 11.6. The summed E-state index contributed by atoms with van der Waals surface area (Å²) < 4.78 is 7.69. The third-order valence-electron chi connectivity index (χ3n) is 2.75. The van der Waals surface area contributed by atoms with Gasteiger partial charge in [-0.3, -0.25) is 0 Å². The number of hydrogen-bond acceptors (Lipinski definition) is 1. The van der Waals surface area contributed by atoms with Gasteiger partial charge in [-0.05, 0) is 18.4 Å². The molecular weight excluding hydrogens is 198 g/mol. The van der Waals surface area contributed by atoms with Crippen molar-refractivity contribution in [1.29, 1.82) is 0 Å². The molecule has 1 rings (SSSR count). The number of aryl methyl sites for hydroxylation is 1. The average molecular weight is 222 g/mol. The minimum atomic E-state index is 0.677. The van der Waals surface area contributed by atoms with Crippen LogP contribution >= 0.6 is 0 Å². The summed E-state index contributed by atoms with van der Waals surface area (Å²) in [5, 5.41) is 0. The van der Waals surface area contributed by atoms with E-state index in [-0.39, 0.29) is 0 Å². The Balaban J connectivity index is 2.12. The number of nitrogens with zero attached hydrogens (tertiary/aromatic N) is 1. The molecule has 0 aliphatic carbocycles. The topological polar surface area (TPSA) is 13.1 Å². The van der Waals surface area contributed by atoms with Crippen LogP contribution in [0.2, 0.25) is 0 Å². The van der Waals surface area contributed by atoms with Crippen LogP contribution in [0.1, 0.15) is 45.1 Å². The zero-order valence-electron chi connectivity index (χ0n) is 10.6. The van der Waals surface area contributed by atoms with Crippen molar-refractivity contribution in [1.82, 2.24) is 0 Å². The molecule has 0 spiro atoms. The van der Waals surface area contributed by atoms with Gasteiger partial charge in [-0.2, -0.15) is 4.57 Å². The summed E-state index contributed by atoms with van der Waals surface area (Å²) >= 11 is 0. The first-order chi connectivity index (χ1) is 7.86. The molecule has 16 heavy (non-hydrogen) atoms. The van der Waals surface area contributed by atoms with Crippen LogP contribution in [0.15, 0.2) is 24.5 Å². The standard InChI is InChI=1S/C14H24NO/c1-3-5-6-7-12-16-13-15-10-8-14(4-2)9-11-15/h8-11H,3-7,12-13H2,1-2H3/q+1. The average Bonchev–Trinajstić information content (AvgIpc) is 2.34. The summed E-state index contributed by atoms with van der Waals surface area (Å²) in [5.41, 5.74) is 1.37. The molecule has 0 aromatic carbocycles. The molecule has 0 saturated heterocycles. The lowest BCUT2D eigenvalue weighted by Crippen LogP contribution is -2.34. The molecule has 0 radical (unpaired) electrons. The third-order valence-corrected chi connectivity index (χ3v) is 2.75. The molecule has 2 nitrogen and oxygen atoms in total. The Morgan fingerprint density at radius 1 is 1.06 bits per heavy atom. The van der Waals surface area contributed by atoms with E-state index in [1.807, 2.05) is 0 Å². The fourth-order valence-corrected chi connectivity index (χ4v) is 1.61. The third kappa shape index (κ3) is 5.26. The van der Waals surface area contributed by atoms with Gasteiger partial charge in [-0.1, -0.05) is 33.1 Å². The summed E-state index contributed by atoms with van der Waals surface area (Å²) in [7, 11) is 0. The number of ether oxygens (including phenoxy) is 1. The fraction of sp³-hybridized carbons (Fsp3) is 0.643. The normalized spacial score (nSPS) is 10.6. The van der Waals surface area contributed by atoms with E-state index in [1.54, 1.807) is 0 Å². The van der Waals surface area contributed by atoms with Crippen molar-refractivity contribution in [2.75, 3.05) is 6.61 Å². The lowest BCUT2D eigenvalue weighted by atomic mass is 10.2. The summed E-state index contributed by atoms with van der Waals surface area (Å²) in [6.45, 7) is 5.95. The molecule has 2 heteroatoms. The van der Waals surface area contributed by atoms with Gasteiger partial charge in [0, 0.05) is 12.1 Å². The van der Waals surface area contributed by atoms with Gasteiger partial charge in [0.15, 0.2) is 12.4 Å². The van der Waals surface area contributed by atoms with Gasteiger partial charge in [0.2, 0.25) is 0 Å². The van der Waals surface area contributed by atoms with E-state index in [0.717, 1.165) is 13.0 Å². The number of hydrogen-bond donors (Lipinski definition) is 0. The van der Waals surface area contributed by atoms with Gasteiger partial charge in [0.25, 0.3) is 6.73 Å². The summed E-state index contributed by atoms with van der Waals surface area (Å²) in [5.74, 6) is 0. The Kier molecular flexibility index (Phi) is 6.82. The van der Waals surface area contributed by atoms with Crippen LogP contribution in [0, 0.1) is 0 Å². The molecule has 0 atom stereocenters. The maximum Gasteiger partial charge on any atom is 0.252 e. The molecule has 0 N–H and O–H groups in total. The van der Waals surface area contributed by atoms with Crippen molar-refractivity contribution >= 4 is 0 Å². The highest BCUT2D eigenvalue weighted by Gasteiger charge is 1.99. The number of unbranched alkanes of at least 4 members (excludes halogenated alkanes) is 3. The van der Waals surface area contributed by atoms with Gasteiger partial charge >= 0.3 is 0 Å². The van der Waals surface area contributed by atoms with E-state index >= 15 is 0 Å². The number of aromatic nitrogens is 1. The van der Waals surface area contributed by atoms with Crippen LogP contribution in [0.5, 0.6) is 0 Å². The molecule has 0 saturated carbocycles. The second-order valence-corrected chi connectivity index (χ2v) is 4.17. The number of pyridine rings is 1. The Morgan fingerprint density at radius 2 is 1.81 bits per heavy atom. The van der Waals surface area contributed by atoms with Gasteiger partial charge in [-0.25, -0.2) is 0 Å². The molecule has 0 amide bonds. The number of rotatable bonds is 8. The van der Waals surface area contributed by atoms with Crippen LogP contribution in [0.25, 0.3) is 0 Å². The summed E-state index contributed by atoms with van der Waals surface area (Å²) in [6.07, 6.45) is 10.3. The minimum Gasteiger partial charge on any atom is -0.323 e. The van der Waals surface area contributed by atoms with E-state index in [0.29, 0.717) is 6.73 Å². The van der Waals surface area contributed by atoms with Crippen molar-refractivity contribution in [2.45, 2.75) is 52.7 Å². The highest BCUT2D eigenvalue weighted by atomic mass is 16.5. The highest BCUT2D eigenvalue weighted by Crippen LogP contribution is 1.99. The zero-order valence-corrected chi connectivity index (χ0v) is 10.6. The SMILES string of the molecule is CCCCCCOC[n+]1ccc(CC)cc1. The van der Waals surface area contributed by atoms with Crippen LogP contribution in [0.3, 0.4) is 0 Å². The van der Waals surface area contributed by atoms with Gasteiger partial charge in [0.1, 0.15) is 0 Å². The molecule has 0 aliphatic heterocycles. The first kappa shape index (κ1) is 13.2. The van der Waals surface area contributed by atoms with Crippen molar-refractivity contribution < 1.29 is 9.30 Å². The van der Waals surface area contributed by atoms with Crippen LogP contribution in [0.4, 0.5) is 0 Å². The molecular formula is C14H24NO+. The Labute approximate surface area is 99.3 Å². The molecule has 0 unspecified atom stereocenters. The maximum absolute atomic E-state index is 5.60. The smallest absolute Gasteiger partial charge is 0.252 e. The molecule has 0 fully saturated rings. The second-order valence-electron chi connectivity index (χ2n) is 4.17. The first-order valence-electron chi connectivity index (χ1n) is 6.42. The lowest BCUT2D eigenvalue weighted by molar-refractivity contribution is -0.732. The molecule has 90 valence electrons. The van der Waals surface area contributed by atoms with Gasteiger partial charge in [0.05, 0.1) is 6.61 Å². The quantitative estimate of drug-likeness (QED) is 0.486. The first-order valence-corrected chi connectivity index (χ1v) is 6.42.